The zero-order chi connectivity index (χ0) is 14.8. The normalized spacial score (nSPS) is 8.74. The third-order valence-electron chi connectivity index (χ3n) is 2.15. The number of hydrogen-bond donors (Lipinski definition) is 1. The fraction of sp³-hybridized carbons (Fsp3) is 0.400. The van der Waals surface area contributed by atoms with Crippen LogP contribution in [0.15, 0.2) is 30.7 Å². The number of aryl methyl sites for hydroxylation is 1. The van der Waals surface area contributed by atoms with Gasteiger partial charge < -0.3 is 14.4 Å². The highest BCUT2D eigenvalue weighted by Crippen LogP contribution is 2.26. The average molecular weight is 264 g/mol. The van der Waals surface area contributed by atoms with Crippen molar-refractivity contribution in [3.8, 4) is 17.2 Å². The van der Waals surface area contributed by atoms with Crippen molar-refractivity contribution in [3.63, 3.8) is 0 Å². The van der Waals surface area contributed by atoms with Crippen LogP contribution in [0.5, 0.6) is 11.5 Å². The highest BCUT2D eigenvalue weighted by atomic mass is 16.5. The molecule has 0 aliphatic rings. The van der Waals surface area contributed by atoms with Crippen LogP contribution in [0.3, 0.4) is 0 Å². The number of phenolic OH excluding ortho intramolecular Hbond substituents is 1. The van der Waals surface area contributed by atoms with Gasteiger partial charge >= 0.3 is 0 Å². The Kier molecular flexibility index (Phi) is 8.09. The SMILES string of the molecule is CC.CC.COc1cc(O)ccc1-n1cnc(C)c1. The molecule has 4 heteroatoms. The molecule has 19 heavy (non-hydrogen) atoms. The first-order valence-corrected chi connectivity index (χ1v) is 6.58. The van der Waals surface area contributed by atoms with Gasteiger partial charge in [-0.1, -0.05) is 27.7 Å². The lowest BCUT2D eigenvalue weighted by Gasteiger charge is -2.08. The number of benzene rings is 1. The molecule has 0 amide bonds. The van der Waals surface area contributed by atoms with Gasteiger partial charge in [-0.3, -0.25) is 0 Å². The van der Waals surface area contributed by atoms with Gasteiger partial charge in [0.25, 0.3) is 0 Å². The van der Waals surface area contributed by atoms with Crippen LogP contribution in [-0.2, 0) is 0 Å². The number of hydrogen-bond acceptors (Lipinski definition) is 3. The first-order chi connectivity index (χ1) is 9.20. The fourth-order valence-corrected chi connectivity index (χ4v) is 1.43. The second kappa shape index (κ2) is 9.03. The summed E-state index contributed by atoms with van der Waals surface area (Å²) in [5.74, 6) is 0.805. The molecule has 0 saturated carbocycles. The zero-order valence-electron chi connectivity index (χ0n) is 12.6. The smallest absolute Gasteiger partial charge is 0.146 e. The molecule has 0 aliphatic heterocycles. The molecule has 0 spiro atoms. The molecule has 1 aromatic carbocycles. The molecule has 1 heterocycles. The van der Waals surface area contributed by atoms with Crippen LogP contribution < -0.4 is 4.74 Å². The summed E-state index contributed by atoms with van der Waals surface area (Å²) in [6, 6.07) is 4.98. The van der Waals surface area contributed by atoms with E-state index in [-0.39, 0.29) is 5.75 Å². The predicted octanol–water partition coefficient (Wildman–Crippen LogP) is 3.95. The van der Waals surface area contributed by atoms with E-state index in [1.165, 1.54) is 0 Å². The predicted molar refractivity (Wildman–Crippen MR) is 79.2 cm³/mol. The minimum Gasteiger partial charge on any atom is -0.508 e. The van der Waals surface area contributed by atoms with Crippen LogP contribution in [0.4, 0.5) is 0 Å². The number of nitrogens with zero attached hydrogens (tertiary/aromatic N) is 2. The van der Waals surface area contributed by atoms with Gasteiger partial charge in [-0.25, -0.2) is 4.98 Å². The van der Waals surface area contributed by atoms with Crippen molar-refractivity contribution in [2.75, 3.05) is 7.11 Å². The maximum atomic E-state index is 9.32. The van der Waals surface area contributed by atoms with E-state index in [0.717, 1.165) is 11.4 Å². The van der Waals surface area contributed by atoms with E-state index >= 15 is 0 Å². The summed E-state index contributed by atoms with van der Waals surface area (Å²) in [5, 5.41) is 9.32. The van der Waals surface area contributed by atoms with Gasteiger partial charge in [0.2, 0.25) is 0 Å². The molecular formula is C15H24N2O2. The Morgan fingerprint density at radius 2 is 1.79 bits per heavy atom. The summed E-state index contributed by atoms with van der Waals surface area (Å²) in [4.78, 5) is 4.14. The van der Waals surface area contributed by atoms with E-state index in [0.29, 0.717) is 5.75 Å². The second-order valence-corrected chi connectivity index (χ2v) is 3.28. The average Bonchev–Trinajstić information content (AvgIpc) is 2.89. The van der Waals surface area contributed by atoms with Crippen molar-refractivity contribution in [2.45, 2.75) is 34.6 Å². The van der Waals surface area contributed by atoms with Gasteiger partial charge in [-0.05, 0) is 19.1 Å². The van der Waals surface area contributed by atoms with Gasteiger partial charge in [-0.15, -0.1) is 0 Å². The molecule has 4 nitrogen and oxygen atoms in total. The molecular weight excluding hydrogens is 240 g/mol. The summed E-state index contributed by atoms with van der Waals surface area (Å²) in [6.07, 6.45) is 3.61. The Balaban J connectivity index is 0.000000741. The number of rotatable bonds is 2. The first-order valence-electron chi connectivity index (χ1n) is 6.58. The molecule has 0 saturated heterocycles. The molecule has 0 unspecified atom stereocenters. The third kappa shape index (κ3) is 4.66. The number of aromatic nitrogens is 2. The second-order valence-electron chi connectivity index (χ2n) is 3.28. The summed E-state index contributed by atoms with van der Waals surface area (Å²) in [7, 11) is 1.57. The molecule has 0 aliphatic carbocycles. The minimum absolute atomic E-state index is 0.187. The Bertz CT molecular complexity index is 479. The topological polar surface area (TPSA) is 47.3 Å². The molecule has 0 fully saturated rings. The van der Waals surface area contributed by atoms with Crippen molar-refractivity contribution >= 4 is 0 Å². The van der Waals surface area contributed by atoms with Gasteiger partial charge in [0.05, 0.1) is 24.8 Å². The Hall–Kier alpha value is -1.97. The number of imidazole rings is 1. The van der Waals surface area contributed by atoms with Gasteiger partial charge in [-0.2, -0.15) is 0 Å². The largest absolute Gasteiger partial charge is 0.508 e. The van der Waals surface area contributed by atoms with Crippen molar-refractivity contribution < 1.29 is 9.84 Å². The van der Waals surface area contributed by atoms with Gasteiger partial charge in [0.1, 0.15) is 11.5 Å². The lowest BCUT2D eigenvalue weighted by atomic mass is 10.2. The van der Waals surface area contributed by atoms with Crippen LogP contribution in [0.25, 0.3) is 5.69 Å². The quantitative estimate of drug-likeness (QED) is 0.893. The van der Waals surface area contributed by atoms with Crippen molar-refractivity contribution in [1.82, 2.24) is 9.55 Å². The Morgan fingerprint density at radius 3 is 2.26 bits per heavy atom. The lowest BCUT2D eigenvalue weighted by molar-refractivity contribution is 0.406. The standard InChI is InChI=1S/C11H12N2O2.2C2H6/c1-8-6-13(7-12-8)10-4-3-9(14)5-11(10)15-2;2*1-2/h3-7,14H,1-2H3;2*1-2H3. The summed E-state index contributed by atoms with van der Waals surface area (Å²) >= 11 is 0. The molecule has 2 aromatic rings. The summed E-state index contributed by atoms with van der Waals surface area (Å²) < 4.78 is 7.04. The lowest BCUT2D eigenvalue weighted by Crippen LogP contribution is -1.94. The van der Waals surface area contributed by atoms with Crippen LogP contribution in [-0.4, -0.2) is 21.8 Å². The van der Waals surface area contributed by atoms with Gasteiger partial charge in [0, 0.05) is 12.3 Å². The molecule has 0 bridgehead atoms. The molecule has 1 aromatic heterocycles. The summed E-state index contributed by atoms with van der Waals surface area (Å²) in [5.41, 5.74) is 1.79. The highest BCUT2D eigenvalue weighted by molar-refractivity contribution is 5.50. The minimum atomic E-state index is 0.187. The number of aromatic hydroxyl groups is 1. The number of methoxy groups -OCH3 is 1. The van der Waals surface area contributed by atoms with Crippen LogP contribution >= 0.6 is 0 Å². The first kappa shape index (κ1) is 17.0. The van der Waals surface area contributed by atoms with Gasteiger partial charge in [0.15, 0.2) is 0 Å². The Morgan fingerprint density at radius 1 is 1.16 bits per heavy atom. The van der Waals surface area contributed by atoms with E-state index in [4.69, 9.17) is 4.74 Å². The van der Waals surface area contributed by atoms with Crippen molar-refractivity contribution in [2.24, 2.45) is 0 Å². The molecule has 0 atom stereocenters. The zero-order valence-corrected chi connectivity index (χ0v) is 12.6. The van der Waals surface area contributed by atoms with E-state index < -0.39 is 0 Å². The highest BCUT2D eigenvalue weighted by Gasteiger charge is 2.06. The molecule has 0 radical (unpaired) electrons. The van der Waals surface area contributed by atoms with E-state index in [1.807, 2.05) is 45.4 Å². The molecule has 2 rings (SSSR count). The van der Waals surface area contributed by atoms with Crippen molar-refractivity contribution in [1.29, 1.82) is 0 Å². The number of phenols is 1. The van der Waals surface area contributed by atoms with E-state index in [1.54, 1.807) is 31.6 Å². The van der Waals surface area contributed by atoms with E-state index in [9.17, 15) is 5.11 Å². The van der Waals surface area contributed by atoms with Crippen LogP contribution in [0.2, 0.25) is 0 Å². The monoisotopic (exact) mass is 264 g/mol. The Labute approximate surface area is 115 Å². The van der Waals surface area contributed by atoms with Crippen LogP contribution in [0, 0.1) is 6.92 Å². The van der Waals surface area contributed by atoms with Crippen LogP contribution in [0.1, 0.15) is 33.4 Å². The summed E-state index contributed by atoms with van der Waals surface area (Å²) in [6.45, 7) is 9.92. The number of ether oxygens (including phenoxy) is 1. The maximum Gasteiger partial charge on any atom is 0.146 e. The molecule has 1 N–H and O–H groups in total. The molecule has 106 valence electrons. The van der Waals surface area contributed by atoms with E-state index in [2.05, 4.69) is 4.98 Å². The fourth-order valence-electron chi connectivity index (χ4n) is 1.43. The third-order valence-corrected chi connectivity index (χ3v) is 2.15. The maximum absolute atomic E-state index is 9.32. The van der Waals surface area contributed by atoms with Crippen molar-refractivity contribution in [3.05, 3.63) is 36.4 Å².